The number of ether oxygens (including phenoxy) is 1. The molecule has 2 aliphatic rings. The summed E-state index contributed by atoms with van der Waals surface area (Å²) in [6.45, 7) is 1.85. The summed E-state index contributed by atoms with van der Waals surface area (Å²) in [7, 11) is 1.63. The Bertz CT molecular complexity index is 1180. The number of hydrogen-bond acceptors (Lipinski definition) is 7. The summed E-state index contributed by atoms with van der Waals surface area (Å²) in [4.78, 5) is 36.5. The van der Waals surface area contributed by atoms with Gasteiger partial charge in [-0.1, -0.05) is 11.8 Å². The molecule has 2 aliphatic carbocycles. The molecule has 2 fully saturated rings. The Morgan fingerprint density at radius 3 is 2.72 bits per heavy atom. The number of fused-ring (bicyclic) bond motifs is 1. The molecule has 1 unspecified atom stereocenters. The number of rotatable bonds is 9. The normalized spacial score (nSPS) is 16.7. The second-order valence-corrected chi connectivity index (χ2v) is 10.6. The molecular weight excluding hydrogens is 442 g/mol. The van der Waals surface area contributed by atoms with Crippen molar-refractivity contribution in [3.8, 4) is 5.75 Å². The molecule has 2 saturated carbocycles. The minimum atomic E-state index is -0.115. The van der Waals surface area contributed by atoms with Crippen LogP contribution in [-0.2, 0) is 4.79 Å². The highest BCUT2D eigenvalue weighted by molar-refractivity contribution is 8.00. The van der Waals surface area contributed by atoms with Crippen LogP contribution in [0.3, 0.4) is 0 Å². The van der Waals surface area contributed by atoms with Crippen LogP contribution in [0.2, 0.25) is 0 Å². The summed E-state index contributed by atoms with van der Waals surface area (Å²) >= 11 is 2.88. The highest BCUT2D eigenvalue weighted by Gasteiger charge is 2.40. The summed E-state index contributed by atoms with van der Waals surface area (Å²) in [6, 6.07) is 9.87. The number of aryl methyl sites for hydroxylation is 1. The fourth-order valence-corrected chi connectivity index (χ4v) is 6.00. The second-order valence-electron chi connectivity index (χ2n) is 8.47. The third kappa shape index (κ3) is 4.66. The molecular formula is C24H25N3O3S2. The molecule has 5 rings (SSSR count). The van der Waals surface area contributed by atoms with Gasteiger partial charge in [0.2, 0.25) is 5.91 Å². The lowest BCUT2D eigenvalue weighted by Crippen LogP contribution is -2.31. The number of carbonyl (C=O) groups is 2. The van der Waals surface area contributed by atoms with E-state index in [0.717, 1.165) is 52.2 Å². The van der Waals surface area contributed by atoms with Gasteiger partial charge in [0, 0.05) is 16.3 Å². The number of methoxy groups -OCH3 is 1. The second kappa shape index (κ2) is 8.83. The Kier molecular flexibility index (Phi) is 5.90. The average molecular weight is 468 g/mol. The first-order valence-electron chi connectivity index (χ1n) is 10.9. The maximum atomic E-state index is 13.0. The fraction of sp³-hybridized carbons (Fsp3) is 0.417. The summed E-state index contributed by atoms with van der Waals surface area (Å²) in [5.41, 5.74) is 0.834. The van der Waals surface area contributed by atoms with E-state index in [1.807, 2.05) is 37.3 Å². The zero-order valence-corrected chi connectivity index (χ0v) is 19.7. The molecule has 1 aromatic carbocycles. The predicted molar refractivity (Wildman–Crippen MR) is 127 cm³/mol. The minimum Gasteiger partial charge on any atom is -0.497 e. The highest BCUT2D eigenvalue weighted by atomic mass is 32.2. The number of amides is 1. The lowest BCUT2D eigenvalue weighted by atomic mass is 10.0. The number of Topliss-reactive ketones (excluding diaryl/α,β-unsaturated/α-hetero) is 1. The molecule has 0 saturated heterocycles. The van der Waals surface area contributed by atoms with Crippen LogP contribution >= 0.6 is 23.1 Å². The Hall–Kier alpha value is -2.45. The van der Waals surface area contributed by atoms with E-state index in [0.29, 0.717) is 22.7 Å². The number of benzene rings is 1. The van der Waals surface area contributed by atoms with Crippen LogP contribution in [0.4, 0.5) is 0 Å². The summed E-state index contributed by atoms with van der Waals surface area (Å²) in [6.07, 6.45) is 4.34. The smallest absolute Gasteiger partial charge is 0.228 e. The van der Waals surface area contributed by atoms with Gasteiger partial charge < -0.3 is 10.1 Å². The van der Waals surface area contributed by atoms with Crippen LogP contribution in [0.25, 0.3) is 10.9 Å². The summed E-state index contributed by atoms with van der Waals surface area (Å²) in [5.74, 6) is 2.16. The van der Waals surface area contributed by atoms with E-state index in [9.17, 15) is 9.59 Å². The topological polar surface area (TPSA) is 81.2 Å². The van der Waals surface area contributed by atoms with Gasteiger partial charge in [-0.2, -0.15) is 0 Å². The van der Waals surface area contributed by atoms with Crippen LogP contribution in [0.1, 0.15) is 52.0 Å². The van der Waals surface area contributed by atoms with Gasteiger partial charge >= 0.3 is 0 Å². The quantitative estimate of drug-likeness (QED) is 0.278. The highest BCUT2D eigenvalue weighted by Crippen LogP contribution is 2.45. The third-order valence-corrected chi connectivity index (χ3v) is 8.03. The van der Waals surface area contributed by atoms with Gasteiger partial charge in [-0.3, -0.25) is 9.59 Å². The van der Waals surface area contributed by atoms with Crippen molar-refractivity contribution >= 4 is 45.7 Å². The van der Waals surface area contributed by atoms with E-state index < -0.39 is 0 Å². The maximum Gasteiger partial charge on any atom is 0.228 e. The van der Waals surface area contributed by atoms with Crippen molar-refractivity contribution < 1.29 is 14.3 Å². The van der Waals surface area contributed by atoms with Gasteiger partial charge in [-0.25, -0.2) is 9.97 Å². The number of thioether (sulfide) groups is 1. The zero-order valence-electron chi connectivity index (χ0n) is 18.1. The molecule has 0 spiro atoms. The van der Waals surface area contributed by atoms with Gasteiger partial charge in [-0.05, 0) is 68.9 Å². The van der Waals surface area contributed by atoms with Crippen molar-refractivity contribution in [2.24, 2.45) is 5.92 Å². The minimum absolute atomic E-state index is 0.0516. The first-order valence-corrected chi connectivity index (χ1v) is 12.7. The number of carbonyl (C=O) groups excluding carboxylic acids is 2. The maximum absolute atomic E-state index is 13.0. The van der Waals surface area contributed by atoms with Crippen LogP contribution < -0.4 is 10.1 Å². The molecule has 0 bridgehead atoms. The Balaban J connectivity index is 1.31. The van der Waals surface area contributed by atoms with Gasteiger partial charge in [0.25, 0.3) is 0 Å². The van der Waals surface area contributed by atoms with Gasteiger partial charge in [0.15, 0.2) is 5.78 Å². The van der Waals surface area contributed by atoms with Crippen molar-refractivity contribution in [1.29, 1.82) is 0 Å². The lowest BCUT2D eigenvalue weighted by molar-refractivity contribution is -0.123. The first-order chi connectivity index (χ1) is 15.5. The van der Waals surface area contributed by atoms with Crippen molar-refractivity contribution in [1.82, 2.24) is 15.3 Å². The lowest BCUT2D eigenvalue weighted by Gasteiger charge is -2.14. The molecule has 0 aliphatic heterocycles. The number of thiophene rings is 1. The third-order valence-electron chi connectivity index (χ3n) is 5.83. The number of hydrogen-bond donors (Lipinski definition) is 1. The Labute approximate surface area is 195 Å². The van der Waals surface area contributed by atoms with E-state index >= 15 is 0 Å². The summed E-state index contributed by atoms with van der Waals surface area (Å²) < 4.78 is 5.34. The molecule has 1 atom stereocenters. The van der Waals surface area contributed by atoms with Crippen LogP contribution in [0, 0.1) is 12.8 Å². The molecule has 1 N–H and O–H groups in total. The van der Waals surface area contributed by atoms with E-state index in [-0.39, 0.29) is 23.4 Å². The van der Waals surface area contributed by atoms with E-state index in [2.05, 4.69) is 15.3 Å². The first kappa shape index (κ1) is 21.4. The molecule has 2 aromatic heterocycles. The average Bonchev–Trinajstić information content (AvgIpc) is 3.71. The standard InChI is InChI=1S/C24H25N3O3S2/c1-13-25-18-8-7-16(30-2)11-17(18)24(26-13)31-12-19(28)20-9-10-21(32-20)22(14-3-4-14)23(29)27-15-5-6-15/h7-11,14-15,22H,3-6,12H2,1-2H3,(H,27,29). The van der Waals surface area contributed by atoms with Crippen molar-refractivity contribution in [3.63, 3.8) is 0 Å². The number of nitrogens with one attached hydrogen (secondary N) is 1. The molecule has 2 heterocycles. The van der Waals surface area contributed by atoms with Gasteiger partial charge in [0.1, 0.15) is 16.6 Å². The Morgan fingerprint density at radius 1 is 1.19 bits per heavy atom. The molecule has 166 valence electrons. The molecule has 32 heavy (non-hydrogen) atoms. The molecule has 8 heteroatoms. The molecule has 3 aromatic rings. The van der Waals surface area contributed by atoms with Gasteiger partial charge in [-0.15, -0.1) is 11.3 Å². The number of nitrogens with zero attached hydrogens (tertiary/aromatic N) is 2. The Morgan fingerprint density at radius 2 is 2.00 bits per heavy atom. The van der Waals surface area contributed by atoms with Crippen LogP contribution in [0.15, 0.2) is 35.4 Å². The van der Waals surface area contributed by atoms with E-state index in [1.54, 1.807) is 7.11 Å². The molecule has 6 nitrogen and oxygen atoms in total. The van der Waals surface area contributed by atoms with Crippen molar-refractivity contribution in [2.45, 2.75) is 49.6 Å². The van der Waals surface area contributed by atoms with Gasteiger partial charge in [0.05, 0.1) is 29.2 Å². The van der Waals surface area contributed by atoms with E-state index in [4.69, 9.17) is 4.74 Å². The monoisotopic (exact) mass is 467 g/mol. The SMILES string of the molecule is COc1ccc2nc(C)nc(SCC(=O)c3ccc(C(C(=O)NC4CC4)C4CC4)s3)c2c1. The van der Waals surface area contributed by atoms with Crippen LogP contribution in [0.5, 0.6) is 5.75 Å². The summed E-state index contributed by atoms with van der Waals surface area (Å²) in [5, 5.41) is 4.80. The predicted octanol–water partition coefficient (Wildman–Crippen LogP) is 4.76. The van der Waals surface area contributed by atoms with Crippen molar-refractivity contribution in [2.75, 3.05) is 12.9 Å². The zero-order chi connectivity index (χ0) is 22.2. The fourth-order valence-electron chi connectivity index (χ4n) is 3.83. The van der Waals surface area contributed by atoms with Crippen LogP contribution in [-0.4, -0.2) is 40.6 Å². The largest absolute Gasteiger partial charge is 0.497 e. The molecule has 1 amide bonds. The number of aromatic nitrogens is 2. The number of ketones is 1. The van der Waals surface area contributed by atoms with E-state index in [1.165, 1.54) is 23.1 Å². The molecule has 0 radical (unpaired) electrons. The van der Waals surface area contributed by atoms with Crippen molar-refractivity contribution in [3.05, 3.63) is 45.9 Å².